The molecule has 0 saturated heterocycles. The fourth-order valence-corrected chi connectivity index (χ4v) is 4.11. The number of benzene rings is 3. The zero-order valence-electron chi connectivity index (χ0n) is 20.2. The van der Waals surface area contributed by atoms with E-state index >= 15 is 4.39 Å². The van der Waals surface area contributed by atoms with Crippen molar-refractivity contribution in [3.63, 3.8) is 0 Å². The van der Waals surface area contributed by atoms with Gasteiger partial charge in [-0.2, -0.15) is 8.78 Å². The van der Waals surface area contributed by atoms with Gasteiger partial charge in [-0.15, -0.1) is 0 Å². The Kier molecular flexibility index (Phi) is 8.58. The molecule has 4 aromatic rings. The summed E-state index contributed by atoms with van der Waals surface area (Å²) >= 11 is 0. The van der Waals surface area contributed by atoms with Crippen LogP contribution in [-0.2, 0) is 12.8 Å². The number of alkyl halides is 2. The summed E-state index contributed by atoms with van der Waals surface area (Å²) < 4.78 is 77.4. The molecule has 1 heterocycles. The zero-order chi connectivity index (χ0) is 26.4. The number of aryl methyl sites for hydroxylation is 2. The van der Waals surface area contributed by atoms with Crippen LogP contribution in [0.2, 0.25) is 0 Å². The summed E-state index contributed by atoms with van der Waals surface area (Å²) in [5.74, 6) is -3.31. The molecule has 0 atom stereocenters. The predicted octanol–water partition coefficient (Wildman–Crippen LogP) is 8.27. The third-order valence-electron chi connectivity index (χ3n) is 6.03. The average molecular weight is 516 g/mol. The number of aromatic nitrogens is 1. The van der Waals surface area contributed by atoms with Gasteiger partial charge in [0.25, 0.3) is 0 Å². The number of fused-ring (bicyclic) bond motifs is 1. The second-order valence-corrected chi connectivity index (χ2v) is 8.68. The van der Waals surface area contributed by atoms with E-state index in [1.807, 2.05) is 18.2 Å². The number of rotatable bonds is 11. The van der Waals surface area contributed by atoms with Crippen molar-refractivity contribution in [1.29, 1.82) is 0 Å². The van der Waals surface area contributed by atoms with Crippen LogP contribution in [0.3, 0.4) is 0 Å². The zero-order valence-corrected chi connectivity index (χ0v) is 20.2. The first-order valence-corrected chi connectivity index (χ1v) is 12.1. The summed E-state index contributed by atoms with van der Waals surface area (Å²) in [4.78, 5) is 4.46. The van der Waals surface area contributed by atoms with Gasteiger partial charge in [0.2, 0.25) is 0 Å². The number of unbranched alkanes of at least 4 members (excludes halogenated alkanes) is 2. The van der Waals surface area contributed by atoms with Crippen LogP contribution >= 0.6 is 0 Å². The van der Waals surface area contributed by atoms with E-state index in [0.717, 1.165) is 42.7 Å². The lowest BCUT2D eigenvalue weighted by molar-refractivity contribution is -0.0546. The van der Waals surface area contributed by atoms with Gasteiger partial charge in [0, 0.05) is 10.9 Å². The molecule has 194 valence electrons. The maximum absolute atomic E-state index is 15.2. The number of pyridine rings is 1. The molecule has 0 N–H and O–H groups in total. The Bertz CT molecular complexity index is 1340. The number of nitrogens with zero attached hydrogens (tertiary/aromatic N) is 1. The van der Waals surface area contributed by atoms with Gasteiger partial charge in [0.15, 0.2) is 17.4 Å². The van der Waals surface area contributed by atoms with Crippen LogP contribution in [0.1, 0.15) is 37.3 Å². The van der Waals surface area contributed by atoms with E-state index in [2.05, 4.69) is 16.6 Å². The monoisotopic (exact) mass is 515 g/mol. The number of hydrogen-bond acceptors (Lipinski definition) is 3. The van der Waals surface area contributed by atoms with E-state index in [-0.39, 0.29) is 18.4 Å². The Hall–Kier alpha value is -3.68. The van der Waals surface area contributed by atoms with E-state index in [1.165, 1.54) is 0 Å². The maximum Gasteiger partial charge on any atom is 0.387 e. The van der Waals surface area contributed by atoms with Crippen molar-refractivity contribution < 1.29 is 31.4 Å². The Morgan fingerprint density at radius 3 is 2.32 bits per heavy atom. The third-order valence-corrected chi connectivity index (χ3v) is 6.03. The van der Waals surface area contributed by atoms with Gasteiger partial charge < -0.3 is 9.47 Å². The van der Waals surface area contributed by atoms with Crippen LogP contribution in [0.15, 0.2) is 60.8 Å². The summed E-state index contributed by atoms with van der Waals surface area (Å²) in [6.45, 7) is -0.559. The van der Waals surface area contributed by atoms with Crippen LogP contribution in [-0.4, -0.2) is 18.2 Å². The first kappa shape index (κ1) is 26.4. The lowest BCUT2D eigenvalue weighted by Crippen LogP contribution is -2.06. The molecule has 0 aliphatic rings. The normalized spacial score (nSPS) is 11.3. The van der Waals surface area contributed by atoms with Crippen LogP contribution in [0.5, 0.6) is 11.5 Å². The fourth-order valence-electron chi connectivity index (χ4n) is 4.11. The molecule has 0 aliphatic heterocycles. The minimum Gasteiger partial charge on any atom is -0.492 e. The van der Waals surface area contributed by atoms with Crippen molar-refractivity contribution in [2.24, 2.45) is 0 Å². The van der Waals surface area contributed by atoms with E-state index in [4.69, 9.17) is 4.74 Å². The molecule has 0 aliphatic carbocycles. The van der Waals surface area contributed by atoms with Crippen molar-refractivity contribution in [1.82, 2.24) is 4.98 Å². The molecule has 3 nitrogen and oxygen atoms in total. The minimum atomic E-state index is -3.34. The molecule has 0 fully saturated rings. The molecular weight excluding hydrogens is 489 g/mol. The number of halogens is 5. The highest BCUT2D eigenvalue weighted by Gasteiger charge is 2.17. The van der Waals surface area contributed by atoms with Crippen LogP contribution < -0.4 is 9.47 Å². The summed E-state index contributed by atoms with van der Waals surface area (Å²) in [6.07, 6.45) is 5.18. The molecule has 0 amide bonds. The lowest BCUT2D eigenvalue weighted by atomic mass is 9.98. The Morgan fingerprint density at radius 2 is 1.65 bits per heavy atom. The quantitative estimate of drug-likeness (QED) is 0.149. The molecule has 3 aromatic carbocycles. The standard InChI is InChI=1S/C29H26F5NO2/c1-2-3-4-13-36-22-10-12-26(35-17-22)21-9-11-23-20(16-21)8-7-19(27(23)32)6-5-18-14-24(30)28(25(31)15-18)37-29(33)34/h7-12,14-17,29H,2-6,13H2,1H3. The first-order chi connectivity index (χ1) is 17.9. The van der Waals surface area contributed by atoms with Gasteiger partial charge in [-0.1, -0.05) is 44.0 Å². The highest BCUT2D eigenvalue weighted by molar-refractivity contribution is 5.88. The lowest BCUT2D eigenvalue weighted by Gasteiger charge is -2.11. The summed E-state index contributed by atoms with van der Waals surface area (Å²) in [5, 5.41) is 1.10. The number of hydrogen-bond donors (Lipinski definition) is 0. The van der Waals surface area contributed by atoms with Crippen molar-refractivity contribution in [2.75, 3.05) is 6.61 Å². The van der Waals surface area contributed by atoms with Crippen LogP contribution in [0.25, 0.3) is 22.0 Å². The van der Waals surface area contributed by atoms with Crippen molar-refractivity contribution >= 4 is 10.8 Å². The maximum atomic E-state index is 15.2. The van der Waals surface area contributed by atoms with Gasteiger partial charge in [-0.05, 0) is 66.1 Å². The molecule has 0 unspecified atom stereocenters. The molecule has 0 saturated carbocycles. The second kappa shape index (κ2) is 12.0. The molecule has 8 heteroatoms. The van der Waals surface area contributed by atoms with E-state index in [1.54, 1.807) is 30.5 Å². The molecule has 0 radical (unpaired) electrons. The fraction of sp³-hybridized carbons (Fsp3) is 0.276. The highest BCUT2D eigenvalue weighted by atomic mass is 19.3. The summed E-state index contributed by atoms with van der Waals surface area (Å²) in [7, 11) is 0. The smallest absolute Gasteiger partial charge is 0.387 e. The van der Waals surface area contributed by atoms with Crippen molar-refractivity contribution in [2.45, 2.75) is 45.6 Å². The van der Waals surface area contributed by atoms with Gasteiger partial charge >= 0.3 is 6.61 Å². The largest absolute Gasteiger partial charge is 0.492 e. The van der Waals surface area contributed by atoms with Gasteiger partial charge in [-0.25, -0.2) is 13.2 Å². The SMILES string of the molecule is CCCCCOc1ccc(-c2ccc3c(F)c(CCc4cc(F)c(OC(F)F)c(F)c4)ccc3c2)nc1. The Morgan fingerprint density at radius 1 is 0.865 bits per heavy atom. The van der Waals surface area contributed by atoms with Crippen LogP contribution in [0, 0.1) is 17.5 Å². The molecule has 4 rings (SSSR count). The highest BCUT2D eigenvalue weighted by Crippen LogP contribution is 2.29. The summed E-state index contributed by atoms with van der Waals surface area (Å²) in [5.41, 5.74) is 2.14. The second-order valence-electron chi connectivity index (χ2n) is 8.68. The summed E-state index contributed by atoms with van der Waals surface area (Å²) in [6, 6.07) is 14.3. The van der Waals surface area contributed by atoms with E-state index in [9.17, 15) is 17.6 Å². The van der Waals surface area contributed by atoms with Gasteiger partial charge in [0.05, 0.1) is 18.5 Å². The van der Waals surface area contributed by atoms with Crippen LogP contribution in [0.4, 0.5) is 22.0 Å². The Balaban J connectivity index is 1.46. The average Bonchev–Trinajstić information content (AvgIpc) is 2.88. The first-order valence-electron chi connectivity index (χ1n) is 12.1. The molecule has 0 spiro atoms. The molecule has 37 heavy (non-hydrogen) atoms. The molecule has 0 bridgehead atoms. The topological polar surface area (TPSA) is 31.4 Å². The van der Waals surface area contributed by atoms with Gasteiger partial charge in [-0.3, -0.25) is 4.98 Å². The molecule has 1 aromatic heterocycles. The van der Waals surface area contributed by atoms with Crippen molar-refractivity contribution in [3.05, 3.63) is 89.4 Å². The molecular formula is C29H26F5NO2. The minimum absolute atomic E-state index is 0.111. The van der Waals surface area contributed by atoms with Crippen molar-refractivity contribution in [3.8, 4) is 22.8 Å². The van der Waals surface area contributed by atoms with E-state index in [0.29, 0.717) is 28.7 Å². The Labute approximate surface area is 211 Å². The third kappa shape index (κ3) is 6.56. The predicted molar refractivity (Wildman–Crippen MR) is 133 cm³/mol. The van der Waals surface area contributed by atoms with E-state index < -0.39 is 29.8 Å². The van der Waals surface area contributed by atoms with Gasteiger partial charge in [0.1, 0.15) is 11.6 Å². The number of ether oxygens (including phenoxy) is 2.